The Balaban J connectivity index is 1.50. The lowest BCUT2D eigenvalue weighted by atomic mass is 10.1. The van der Waals surface area contributed by atoms with E-state index in [1.54, 1.807) is 24.3 Å². The molecule has 188 valence electrons. The van der Waals surface area contributed by atoms with Crippen molar-refractivity contribution in [3.8, 4) is 0 Å². The van der Waals surface area contributed by atoms with E-state index in [0.29, 0.717) is 30.9 Å². The number of nitrogens with zero attached hydrogens (tertiary/aromatic N) is 2. The third kappa shape index (κ3) is 9.15. The molecule has 0 atom stereocenters. The first kappa shape index (κ1) is 26.4. The van der Waals surface area contributed by atoms with Gasteiger partial charge in [0.1, 0.15) is 0 Å². The van der Waals surface area contributed by atoms with Gasteiger partial charge in [0.2, 0.25) is 11.8 Å². The lowest BCUT2D eigenvalue weighted by molar-refractivity contribution is -0.123. The van der Waals surface area contributed by atoms with Gasteiger partial charge in [-0.25, -0.2) is 0 Å². The van der Waals surface area contributed by atoms with E-state index in [1.807, 2.05) is 51.1 Å². The van der Waals surface area contributed by atoms with Crippen LogP contribution in [0.5, 0.6) is 0 Å². The summed E-state index contributed by atoms with van der Waals surface area (Å²) in [6.07, 6.45) is 0.883. The van der Waals surface area contributed by atoms with Crippen LogP contribution < -0.4 is 16.0 Å². The van der Waals surface area contributed by atoms with Gasteiger partial charge in [-0.3, -0.25) is 24.2 Å². The minimum absolute atomic E-state index is 0.0193. The average Bonchev–Trinajstić information content (AvgIpc) is 3.02. The van der Waals surface area contributed by atoms with Crippen molar-refractivity contribution < 1.29 is 14.4 Å². The standard InChI is InChI=1S/C27H37N5O3/c1-27(2,3)30-25(34)20-32-15-9-14-31(16-17-32)19-24(33)29-23-13-8-7-12-22(23)26(35)28-18-21-10-5-4-6-11-21/h4-8,10-13H,9,14-20H2,1-3H3,(H,28,35)(H,29,33)(H,30,34). The molecule has 0 saturated carbocycles. The zero-order valence-corrected chi connectivity index (χ0v) is 21.0. The van der Waals surface area contributed by atoms with Gasteiger partial charge < -0.3 is 16.0 Å². The molecule has 1 fully saturated rings. The SMILES string of the molecule is CC(C)(C)NC(=O)CN1CCCN(CC(=O)Nc2ccccc2C(=O)NCc2ccccc2)CC1. The Morgan fingerprint density at radius 1 is 0.800 bits per heavy atom. The number of nitrogens with one attached hydrogen (secondary N) is 3. The summed E-state index contributed by atoms with van der Waals surface area (Å²) in [5, 5.41) is 8.82. The third-order valence-corrected chi connectivity index (χ3v) is 5.67. The van der Waals surface area contributed by atoms with Crippen molar-refractivity contribution >= 4 is 23.4 Å². The van der Waals surface area contributed by atoms with Crippen molar-refractivity contribution in [3.63, 3.8) is 0 Å². The van der Waals surface area contributed by atoms with E-state index >= 15 is 0 Å². The maximum atomic E-state index is 12.8. The van der Waals surface area contributed by atoms with Gasteiger partial charge >= 0.3 is 0 Å². The lowest BCUT2D eigenvalue weighted by Crippen LogP contribution is -2.46. The van der Waals surface area contributed by atoms with Crippen LogP contribution in [0.4, 0.5) is 5.69 Å². The van der Waals surface area contributed by atoms with E-state index in [9.17, 15) is 14.4 Å². The molecule has 3 N–H and O–H groups in total. The van der Waals surface area contributed by atoms with Gasteiger partial charge in [-0.05, 0) is 58.0 Å². The zero-order chi connectivity index (χ0) is 25.3. The molecule has 0 aromatic heterocycles. The summed E-state index contributed by atoms with van der Waals surface area (Å²) in [5.41, 5.74) is 1.69. The normalized spacial score (nSPS) is 15.2. The van der Waals surface area contributed by atoms with Crippen molar-refractivity contribution in [3.05, 3.63) is 65.7 Å². The Kier molecular flexibility index (Phi) is 9.39. The fraction of sp³-hybridized carbons (Fsp3) is 0.444. The maximum absolute atomic E-state index is 12.8. The molecule has 3 amide bonds. The molecule has 0 bridgehead atoms. The van der Waals surface area contributed by atoms with Gasteiger partial charge in [0.25, 0.3) is 5.91 Å². The monoisotopic (exact) mass is 479 g/mol. The summed E-state index contributed by atoms with van der Waals surface area (Å²) in [6, 6.07) is 16.7. The predicted molar refractivity (Wildman–Crippen MR) is 138 cm³/mol. The number of benzene rings is 2. The smallest absolute Gasteiger partial charge is 0.253 e. The highest BCUT2D eigenvalue weighted by atomic mass is 16.2. The van der Waals surface area contributed by atoms with Crippen LogP contribution in [-0.2, 0) is 16.1 Å². The van der Waals surface area contributed by atoms with Crippen LogP contribution in [0.3, 0.4) is 0 Å². The molecule has 0 aliphatic carbocycles. The summed E-state index contributed by atoms with van der Waals surface area (Å²) in [7, 11) is 0. The average molecular weight is 480 g/mol. The van der Waals surface area contributed by atoms with Gasteiger partial charge in [0.05, 0.1) is 24.3 Å². The number of amides is 3. The second kappa shape index (κ2) is 12.5. The van der Waals surface area contributed by atoms with Crippen LogP contribution in [0.25, 0.3) is 0 Å². The van der Waals surface area contributed by atoms with Gasteiger partial charge in [-0.1, -0.05) is 42.5 Å². The quantitative estimate of drug-likeness (QED) is 0.541. The van der Waals surface area contributed by atoms with Gasteiger partial charge in [0, 0.05) is 25.2 Å². The first-order valence-electron chi connectivity index (χ1n) is 12.2. The summed E-state index contributed by atoms with van der Waals surface area (Å²) >= 11 is 0. The third-order valence-electron chi connectivity index (χ3n) is 5.67. The van der Waals surface area contributed by atoms with Crippen LogP contribution in [-0.4, -0.2) is 72.3 Å². The first-order chi connectivity index (χ1) is 16.7. The second-order valence-corrected chi connectivity index (χ2v) is 9.97. The van der Waals surface area contributed by atoms with Crippen molar-refractivity contribution in [1.29, 1.82) is 0 Å². The van der Waals surface area contributed by atoms with E-state index < -0.39 is 0 Å². The fourth-order valence-corrected chi connectivity index (χ4v) is 4.06. The molecule has 0 spiro atoms. The number of para-hydroxylation sites is 1. The highest BCUT2D eigenvalue weighted by Crippen LogP contribution is 2.16. The highest BCUT2D eigenvalue weighted by molar-refractivity contribution is 6.04. The Morgan fingerprint density at radius 2 is 1.40 bits per heavy atom. The number of carbonyl (C=O) groups excluding carboxylic acids is 3. The molecule has 1 saturated heterocycles. The maximum Gasteiger partial charge on any atom is 0.253 e. The van der Waals surface area contributed by atoms with E-state index in [-0.39, 0.29) is 29.8 Å². The van der Waals surface area contributed by atoms with Gasteiger partial charge in [-0.15, -0.1) is 0 Å². The number of hydrogen-bond donors (Lipinski definition) is 3. The second-order valence-electron chi connectivity index (χ2n) is 9.97. The van der Waals surface area contributed by atoms with Crippen LogP contribution >= 0.6 is 0 Å². The van der Waals surface area contributed by atoms with Crippen LogP contribution in [0.1, 0.15) is 43.1 Å². The van der Waals surface area contributed by atoms with Crippen molar-refractivity contribution in [2.75, 3.05) is 44.6 Å². The molecule has 0 radical (unpaired) electrons. The molecule has 8 nitrogen and oxygen atoms in total. The molecule has 2 aromatic carbocycles. The van der Waals surface area contributed by atoms with E-state index in [4.69, 9.17) is 0 Å². The van der Waals surface area contributed by atoms with Crippen LogP contribution in [0.2, 0.25) is 0 Å². The molecular weight excluding hydrogens is 442 g/mol. The van der Waals surface area contributed by atoms with Crippen molar-refractivity contribution in [2.24, 2.45) is 0 Å². The summed E-state index contributed by atoms with van der Waals surface area (Å²) in [6.45, 7) is 9.96. The lowest BCUT2D eigenvalue weighted by Gasteiger charge is -2.25. The zero-order valence-electron chi connectivity index (χ0n) is 21.0. The number of rotatable bonds is 8. The van der Waals surface area contributed by atoms with E-state index in [2.05, 4.69) is 25.8 Å². The molecular formula is C27H37N5O3. The first-order valence-corrected chi connectivity index (χ1v) is 12.2. The van der Waals surface area contributed by atoms with Gasteiger partial charge in [0.15, 0.2) is 0 Å². The van der Waals surface area contributed by atoms with E-state index in [0.717, 1.165) is 31.6 Å². The molecule has 2 aromatic rings. The Hall–Kier alpha value is -3.23. The molecule has 3 rings (SSSR count). The van der Waals surface area contributed by atoms with Gasteiger partial charge in [-0.2, -0.15) is 0 Å². The molecule has 1 heterocycles. The topological polar surface area (TPSA) is 93.8 Å². The summed E-state index contributed by atoms with van der Waals surface area (Å²) in [4.78, 5) is 42.0. The molecule has 0 unspecified atom stereocenters. The van der Waals surface area contributed by atoms with Crippen LogP contribution in [0, 0.1) is 0 Å². The Labute approximate surface area is 208 Å². The Morgan fingerprint density at radius 3 is 2.06 bits per heavy atom. The predicted octanol–water partition coefficient (Wildman–Crippen LogP) is 2.48. The molecule has 35 heavy (non-hydrogen) atoms. The number of hydrogen-bond acceptors (Lipinski definition) is 5. The minimum Gasteiger partial charge on any atom is -0.350 e. The molecule has 1 aliphatic rings. The molecule has 8 heteroatoms. The Bertz CT molecular complexity index is 1000. The largest absolute Gasteiger partial charge is 0.350 e. The summed E-state index contributed by atoms with van der Waals surface area (Å²) < 4.78 is 0. The van der Waals surface area contributed by atoms with Crippen molar-refractivity contribution in [1.82, 2.24) is 20.4 Å². The number of anilines is 1. The highest BCUT2D eigenvalue weighted by Gasteiger charge is 2.21. The van der Waals surface area contributed by atoms with E-state index in [1.165, 1.54) is 0 Å². The van der Waals surface area contributed by atoms with Crippen molar-refractivity contribution in [2.45, 2.75) is 39.3 Å². The molecule has 1 aliphatic heterocycles. The van der Waals surface area contributed by atoms with Crippen LogP contribution in [0.15, 0.2) is 54.6 Å². The fourth-order valence-electron chi connectivity index (χ4n) is 4.06. The summed E-state index contributed by atoms with van der Waals surface area (Å²) in [5.74, 6) is -0.373. The number of carbonyl (C=O) groups is 3. The minimum atomic E-state index is -0.248.